The van der Waals surface area contributed by atoms with Crippen molar-refractivity contribution in [3.05, 3.63) is 106 Å². The van der Waals surface area contributed by atoms with Gasteiger partial charge in [0.1, 0.15) is 5.75 Å². The smallest absolute Gasteiger partial charge is 0.455 e. The largest absolute Gasteiger partial charge is 0.507 e. The summed E-state index contributed by atoms with van der Waals surface area (Å²) in [5.41, 5.74) is 4.70. The summed E-state index contributed by atoms with van der Waals surface area (Å²) in [7, 11) is -1.10. The Kier molecular flexibility index (Phi) is 7.23. The van der Waals surface area contributed by atoms with Gasteiger partial charge in [-0.3, -0.25) is 14.6 Å². The van der Waals surface area contributed by atoms with Crippen molar-refractivity contribution >= 4 is 30.3 Å². The van der Waals surface area contributed by atoms with E-state index in [1.54, 1.807) is 42.6 Å². The monoisotopic (exact) mass is 535 g/mol. The van der Waals surface area contributed by atoms with E-state index in [0.717, 1.165) is 16.8 Å². The molecule has 0 amide bonds. The van der Waals surface area contributed by atoms with E-state index in [9.17, 15) is 24.8 Å². The second-order valence-corrected chi connectivity index (χ2v) is 10.7. The highest BCUT2D eigenvalue weighted by Gasteiger charge is 2.53. The number of aromatic hydroxyl groups is 1. The van der Waals surface area contributed by atoms with Crippen LogP contribution in [-0.4, -0.2) is 51.6 Å². The number of ketones is 2. The van der Waals surface area contributed by atoms with Crippen molar-refractivity contribution in [2.75, 3.05) is 6.61 Å². The maximum atomic E-state index is 13.7. The van der Waals surface area contributed by atoms with E-state index in [-0.39, 0.29) is 30.2 Å². The van der Waals surface area contributed by atoms with Crippen LogP contribution in [0.2, 0.25) is 6.32 Å². The molecule has 2 heterocycles. The predicted molar refractivity (Wildman–Crippen MR) is 151 cm³/mol. The van der Waals surface area contributed by atoms with Crippen LogP contribution in [0, 0.1) is 17.8 Å². The highest BCUT2D eigenvalue weighted by molar-refractivity contribution is 6.43. The van der Waals surface area contributed by atoms with Gasteiger partial charge in [0.05, 0.1) is 18.4 Å². The lowest BCUT2D eigenvalue weighted by molar-refractivity contribution is 0.0591. The van der Waals surface area contributed by atoms with Crippen LogP contribution in [0.25, 0.3) is 11.6 Å². The van der Waals surface area contributed by atoms with Gasteiger partial charge in [-0.25, -0.2) is 0 Å². The Morgan fingerprint density at radius 2 is 1.70 bits per heavy atom. The third-order valence-corrected chi connectivity index (χ3v) is 8.49. The number of aromatic nitrogens is 1. The van der Waals surface area contributed by atoms with Gasteiger partial charge in [0.25, 0.3) is 0 Å². The van der Waals surface area contributed by atoms with Gasteiger partial charge < -0.3 is 19.9 Å². The van der Waals surface area contributed by atoms with Crippen molar-refractivity contribution in [1.82, 2.24) is 4.98 Å². The molecule has 202 valence electrons. The molecule has 2 aliphatic carbocycles. The molecule has 0 bridgehead atoms. The van der Waals surface area contributed by atoms with Gasteiger partial charge in [-0.2, -0.15) is 0 Å². The number of pyridine rings is 1. The number of nitrogens with zero attached hydrogens (tertiary/aromatic N) is 1. The van der Waals surface area contributed by atoms with Crippen LogP contribution in [-0.2, 0) is 4.65 Å². The van der Waals surface area contributed by atoms with E-state index in [2.05, 4.69) is 4.98 Å². The normalized spacial score (nSPS) is 24.4. The molecule has 0 unspecified atom stereocenters. The molecule has 1 fully saturated rings. The average molecular weight is 535 g/mol. The molecule has 0 radical (unpaired) electrons. The van der Waals surface area contributed by atoms with Gasteiger partial charge in [0.15, 0.2) is 11.6 Å². The third-order valence-electron chi connectivity index (χ3n) is 8.49. The number of hydrogen-bond donors (Lipinski definition) is 3. The summed E-state index contributed by atoms with van der Waals surface area (Å²) in [6, 6.07) is 19.6. The van der Waals surface area contributed by atoms with Crippen LogP contribution >= 0.6 is 0 Å². The average Bonchev–Trinajstić information content (AvgIpc) is 2.98. The summed E-state index contributed by atoms with van der Waals surface area (Å²) in [6.45, 7) is -0.241. The number of aliphatic hydroxyl groups excluding tert-OH is 1. The van der Waals surface area contributed by atoms with E-state index < -0.39 is 31.0 Å². The molecule has 2 aromatic carbocycles. The van der Waals surface area contributed by atoms with E-state index in [4.69, 9.17) is 4.65 Å². The molecule has 0 saturated carbocycles. The Balaban J connectivity index is 1.35. The number of Topliss-reactive ketones (excluding diaryl/α,β-unsaturated/α-hetero) is 2. The second-order valence-electron chi connectivity index (χ2n) is 10.7. The Morgan fingerprint density at radius 3 is 2.42 bits per heavy atom. The number of rotatable bonds is 6. The van der Waals surface area contributed by atoms with E-state index in [1.165, 1.54) is 0 Å². The SMILES string of the molecule is O=C1c2ccccc2C(=O)[C@@H]2CC(CO)=C3[C@@H](CC/C(=C/c4ccccc4O)c4ccccn4)OB(O)C[C@@H]3[C@H]12. The van der Waals surface area contributed by atoms with Crippen molar-refractivity contribution in [3.63, 3.8) is 0 Å². The topological polar surface area (TPSA) is 117 Å². The molecule has 3 aromatic rings. The maximum absolute atomic E-state index is 13.7. The zero-order valence-corrected chi connectivity index (χ0v) is 21.9. The summed E-state index contributed by atoms with van der Waals surface area (Å²) >= 11 is 0. The molecular weight excluding hydrogens is 505 g/mol. The molecule has 4 atom stereocenters. The maximum Gasteiger partial charge on any atom is 0.455 e. The molecule has 1 saturated heterocycles. The molecule has 7 nitrogen and oxygen atoms in total. The van der Waals surface area contributed by atoms with Crippen molar-refractivity contribution in [2.24, 2.45) is 17.8 Å². The number of aliphatic hydroxyl groups is 1. The summed E-state index contributed by atoms with van der Waals surface area (Å²) < 4.78 is 6.05. The van der Waals surface area contributed by atoms with Crippen LogP contribution in [0.3, 0.4) is 0 Å². The summed E-state index contributed by atoms with van der Waals surface area (Å²) in [5.74, 6) is -1.56. The minimum absolute atomic E-state index is 0.0780. The van der Waals surface area contributed by atoms with Crippen LogP contribution in [0.5, 0.6) is 5.75 Å². The van der Waals surface area contributed by atoms with Crippen molar-refractivity contribution < 1.29 is 29.5 Å². The quantitative estimate of drug-likeness (QED) is 0.312. The fourth-order valence-electron chi connectivity index (χ4n) is 6.73. The Bertz CT molecular complexity index is 1520. The molecule has 40 heavy (non-hydrogen) atoms. The van der Waals surface area contributed by atoms with Crippen molar-refractivity contribution in [3.8, 4) is 5.75 Å². The summed E-state index contributed by atoms with van der Waals surface area (Å²) in [6.07, 6.45) is 4.50. The molecule has 3 aliphatic rings. The number of phenols is 1. The number of fused-ring (bicyclic) bond motifs is 4. The van der Waals surface area contributed by atoms with E-state index in [0.29, 0.717) is 41.5 Å². The van der Waals surface area contributed by atoms with Crippen LogP contribution in [0.4, 0.5) is 0 Å². The number of carbonyl (C=O) groups excluding carboxylic acids is 2. The zero-order chi connectivity index (χ0) is 27.8. The lowest BCUT2D eigenvalue weighted by Gasteiger charge is -2.47. The first kappa shape index (κ1) is 26.4. The van der Waals surface area contributed by atoms with Crippen molar-refractivity contribution in [1.29, 1.82) is 0 Å². The van der Waals surface area contributed by atoms with E-state index >= 15 is 0 Å². The van der Waals surface area contributed by atoms with Crippen LogP contribution in [0.1, 0.15) is 51.2 Å². The molecular formula is C32H30BNO6. The number of benzene rings is 2. The molecule has 3 N–H and O–H groups in total. The minimum atomic E-state index is -1.10. The Morgan fingerprint density at radius 1 is 0.975 bits per heavy atom. The first-order valence-electron chi connectivity index (χ1n) is 13.7. The minimum Gasteiger partial charge on any atom is -0.507 e. The van der Waals surface area contributed by atoms with Gasteiger partial charge in [-0.1, -0.05) is 48.5 Å². The fourth-order valence-corrected chi connectivity index (χ4v) is 6.73. The van der Waals surface area contributed by atoms with E-state index in [1.807, 2.05) is 36.4 Å². The van der Waals surface area contributed by atoms with Gasteiger partial charge in [-0.15, -0.1) is 0 Å². The number of carbonyl (C=O) groups is 2. The lowest BCUT2D eigenvalue weighted by atomic mass is 9.54. The van der Waals surface area contributed by atoms with Gasteiger partial charge in [0.2, 0.25) is 0 Å². The Labute approximate surface area is 233 Å². The first-order chi connectivity index (χ1) is 19.5. The molecule has 8 heteroatoms. The van der Waals surface area contributed by atoms with Gasteiger partial charge in [-0.05, 0) is 72.5 Å². The molecule has 0 spiro atoms. The van der Waals surface area contributed by atoms with Gasteiger partial charge >= 0.3 is 7.12 Å². The standard InChI is InChI=1S/C32H30BNO6/c35-18-21-16-24-30(32(38)23-9-3-2-8-22(23)31(24)37)25-17-33(39)40-28(29(21)25)13-12-19(26-10-5-6-14-34-26)15-20-7-1-4-11-27(20)36/h1-11,14-15,24-25,28,30,35-36,39H,12-13,16-18H2/b19-15-/t24-,25+,28-,30-/m1/s1. The lowest BCUT2D eigenvalue weighted by Crippen LogP contribution is -2.51. The number of allylic oxidation sites excluding steroid dienone is 1. The number of para-hydroxylation sites is 1. The zero-order valence-electron chi connectivity index (χ0n) is 21.9. The highest BCUT2D eigenvalue weighted by Crippen LogP contribution is 2.51. The van der Waals surface area contributed by atoms with Crippen LogP contribution in [0.15, 0.2) is 84.1 Å². The first-order valence-corrected chi connectivity index (χ1v) is 13.7. The fraction of sp³-hybridized carbons (Fsp3) is 0.281. The van der Waals surface area contributed by atoms with Crippen LogP contribution < -0.4 is 0 Å². The van der Waals surface area contributed by atoms with Crippen molar-refractivity contribution in [2.45, 2.75) is 31.7 Å². The van der Waals surface area contributed by atoms with Gasteiger partial charge in [0, 0.05) is 34.7 Å². The molecule has 6 rings (SSSR count). The second kappa shape index (κ2) is 11.0. The number of hydrogen-bond acceptors (Lipinski definition) is 7. The Hall–Kier alpha value is -3.85. The number of phenolic OH excluding ortho intramolecular Hbond substituents is 1. The predicted octanol–water partition coefficient (Wildman–Crippen LogP) is 4.61. The molecule has 1 aromatic heterocycles. The summed E-state index contributed by atoms with van der Waals surface area (Å²) in [4.78, 5) is 31.7. The third kappa shape index (κ3) is 4.72. The summed E-state index contributed by atoms with van der Waals surface area (Å²) in [5, 5.41) is 31.6. The molecule has 1 aliphatic heterocycles. The highest BCUT2D eigenvalue weighted by atomic mass is 16.5.